The van der Waals surface area contributed by atoms with Crippen LogP contribution in [-0.4, -0.2) is 62.8 Å². The lowest BCUT2D eigenvalue weighted by Crippen LogP contribution is -2.43. The molecule has 0 radical (unpaired) electrons. The number of amides is 2. The molecule has 6 nitrogen and oxygen atoms in total. The van der Waals surface area contributed by atoms with E-state index in [0.717, 1.165) is 61.9 Å². The summed E-state index contributed by atoms with van der Waals surface area (Å²) in [5.74, 6) is 2.35. The van der Waals surface area contributed by atoms with Crippen LogP contribution in [0.4, 0.5) is 4.79 Å². The largest absolute Gasteiger partial charge is 0.493 e. The Morgan fingerprint density at radius 2 is 1.75 bits per heavy atom. The van der Waals surface area contributed by atoms with Crippen LogP contribution >= 0.6 is 0 Å². The van der Waals surface area contributed by atoms with Gasteiger partial charge < -0.3 is 24.6 Å². The van der Waals surface area contributed by atoms with Gasteiger partial charge in [-0.2, -0.15) is 0 Å². The van der Waals surface area contributed by atoms with Gasteiger partial charge in [-0.15, -0.1) is 0 Å². The van der Waals surface area contributed by atoms with Crippen LogP contribution in [0.3, 0.4) is 0 Å². The quantitative estimate of drug-likeness (QED) is 0.727. The van der Waals surface area contributed by atoms with Gasteiger partial charge in [0.2, 0.25) is 0 Å². The van der Waals surface area contributed by atoms with Gasteiger partial charge in [0.1, 0.15) is 0 Å². The average Bonchev–Trinajstić information content (AvgIpc) is 2.73. The first-order chi connectivity index (χ1) is 13.6. The van der Waals surface area contributed by atoms with E-state index < -0.39 is 0 Å². The summed E-state index contributed by atoms with van der Waals surface area (Å²) in [5, 5.41) is 3.09. The number of rotatable bonds is 7. The van der Waals surface area contributed by atoms with Gasteiger partial charge in [-0.1, -0.05) is 6.92 Å². The molecule has 0 saturated carbocycles. The Morgan fingerprint density at radius 1 is 1.07 bits per heavy atom. The summed E-state index contributed by atoms with van der Waals surface area (Å²) in [6.07, 6.45) is 5.67. The van der Waals surface area contributed by atoms with Crippen LogP contribution in [0.15, 0.2) is 12.1 Å². The minimum absolute atomic E-state index is 0.0345. The first-order valence-electron chi connectivity index (χ1n) is 10.6. The second-order valence-electron chi connectivity index (χ2n) is 8.11. The molecular weight excluding hydrogens is 354 g/mol. The summed E-state index contributed by atoms with van der Waals surface area (Å²) in [5.41, 5.74) is 2.37. The number of piperidine rings is 1. The standard InChI is InChI=1S/C22H35N3O3/c1-17-6-11-24(12-7-17)10-5-4-9-23-22(26)25-13-8-18-14-20(27-2)21(28-3)15-19(18)16-25/h14-15,17H,4-13,16H2,1-3H3,(H,23,26). The van der Waals surface area contributed by atoms with Gasteiger partial charge in [0.15, 0.2) is 11.5 Å². The normalized spacial score (nSPS) is 17.9. The number of hydrogen-bond donors (Lipinski definition) is 1. The number of methoxy groups -OCH3 is 2. The van der Waals surface area contributed by atoms with Crippen LogP contribution in [0.5, 0.6) is 11.5 Å². The van der Waals surface area contributed by atoms with Crippen molar-refractivity contribution in [3.63, 3.8) is 0 Å². The molecule has 1 saturated heterocycles. The highest BCUT2D eigenvalue weighted by molar-refractivity contribution is 5.74. The number of nitrogens with one attached hydrogen (secondary N) is 1. The number of nitrogens with zero attached hydrogens (tertiary/aromatic N) is 2. The summed E-state index contributed by atoms with van der Waals surface area (Å²) in [4.78, 5) is 17.0. The molecule has 0 bridgehead atoms. The van der Waals surface area contributed by atoms with E-state index in [-0.39, 0.29) is 6.03 Å². The number of likely N-dealkylation sites (tertiary alicyclic amines) is 1. The Hall–Kier alpha value is -1.95. The number of carbonyl (C=O) groups is 1. The molecule has 0 unspecified atom stereocenters. The number of carbonyl (C=O) groups excluding carboxylic acids is 1. The van der Waals surface area contributed by atoms with Gasteiger partial charge in [0.05, 0.1) is 14.2 Å². The van der Waals surface area contributed by atoms with Crippen molar-refractivity contribution in [3.05, 3.63) is 23.3 Å². The van der Waals surface area contributed by atoms with Crippen LogP contribution in [0.1, 0.15) is 43.7 Å². The van der Waals surface area contributed by atoms with Gasteiger partial charge in [0, 0.05) is 19.6 Å². The van der Waals surface area contributed by atoms with E-state index in [4.69, 9.17) is 9.47 Å². The first kappa shape index (κ1) is 20.8. The number of benzene rings is 1. The Kier molecular flexibility index (Phi) is 7.43. The Morgan fingerprint density at radius 3 is 2.43 bits per heavy atom. The maximum atomic E-state index is 12.5. The van der Waals surface area contributed by atoms with Crippen LogP contribution in [0, 0.1) is 5.92 Å². The molecule has 0 aromatic heterocycles. The van der Waals surface area contributed by atoms with Crippen molar-refractivity contribution in [3.8, 4) is 11.5 Å². The maximum Gasteiger partial charge on any atom is 0.317 e. The van der Waals surface area contributed by atoms with E-state index in [2.05, 4.69) is 17.1 Å². The number of fused-ring (bicyclic) bond motifs is 1. The van der Waals surface area contributed by atoms with Gasteiger partial charge in [-0.25, -0.2) is 4.79 Å². The molecule has 156 valence electrons. The third kappa shape index (κ3) is 5.31. The van der Waals surface area contributed by atoms with Crippen molar-refractivity contribution < 1.29 is 14.3 Å². The Bertz CT molecular complexity index is 657. The van der Waals surface area contributed by atoms with Crippen LogP contribution in [0.25, 0.3) is 0 Å². The third-order valence-electron chi connectivity index (χ3n) is 6.06. The smallest absolute Gasteiger partial charge is 0.317 e. The summed E-state index contributed by atoms with van der Waals surface area (Å²) in [6, 6.07) is 4.06. The highest BCUT2D eigenvalue weighted by atomic mass is 16.5. The second kappa shape index (κ2) is 10.0. The minimum atomic E-state index is 0.0345. The predicted molar refractivity (Wildman–Crippen MR) is 111 cm³/mol. The molecule has 1 aromatic carbocycles. The Labute approximate surface area is 169 Å². The number of unbranched alkanes of at least 4 members (excludes halogenated alkanes) is 1. The highest BCUT2D eigenvalue weighted by Gasteiger charge is 2.22. The van der Waals surface area contributed by atoms with E-state index >= 15 is 0 Å². The molecule has 0 atom stereocenters. The van der Waals surface area contributed by atoms with E-state index in [1.54, 1.807) is 14.2 Å². The molecule has 0 aliphatic carbocycles. The molecule has 2 aliphatic rings. The van der Waals surface area contributed by atoms with E-state index in [0.29, 0.717) is 6.54 Å². The van der Waals surface area contributed by atoms with E-state index in [1.165, 1.54) is 31.5 Å². The molecule has 1 N–H and O–H groups in total. The van der Waals surface area contributed by atoms with Crippen molar-refractivity contribution in [1.82, 2.24) is 15.1 Å². The lowest BCUT2D eigenvalue weighted by molar-refractivity contribution is 0.185. The highest BCUT2D eigenvalue weighted by Crippen LogP contribution is 2.33. The molecule has 28 heavy (non-hydrogen) atoms. The average molecular weight is 390 g/mol. The molecule has 0 spiro atoms. The van der Waals surface area contributed by atoms with Crippen molar-refractivity contribution in [1.29, 1.82) is 0 Å². The summed E-state index contributed by atoms with van der Waals surface area (Å²) >= 11 is 0. The molecule has 2 amide bonds. The van der Waals surface area contributed by atoms with Crippen LogP contribution in [0.2, 0.25) is 0 Å². The topological polar surface area (TPSA) is 54.0 Å². The molecular formula is C22H35N3O3. The van der Waals surface area contributed by atoms with Gasteiger partial charge in [-0.05, 0) is 80.9 Å². The molecule has 2 aliphatic heterocycles. The second-order valence-corrected chi connectivity index (χ2v) is 8.11. The third-order valence-corrected chi connectivity index (χ3v) is 6.06. The summed E-state index contributed by atoms with van der Waals surface area (Å²) in [6.45, 7) is 8.07. The lowest BCUT2D eigenvalue weighted by Gasteiger charge is -2.30. The summed E-state index contributed by atoms with van der Waals surface area (Å²) in [7, 11) is 3.29. The van der Waals surface area contributed by atoms with Crippen molar-refractivity contribution >= 4 is 6.03 Å². The zero-order valence-electron chi connectivity index (χ0n) is 17.6. The molecule has 6 heteroatoms. The number of urea groups is 1. The van der Waals surface area contributed by atoms with Crippen molar-refractivity contribution in [2.45, 2.75) is 45.6 Å². The minimum Gasteiger partial charge on any atom is -0.493 e. The van der Waals surface area contributed by atoms with Gasteiger partial charge >= 0.3 is 6.03 Å². The summed E-state index contributed by atoms with van der Waals surface area (Å²) < 4.78 is 10.8. The number of ether oxygens (including phenoxy) is 2. The van der Waals surface area contributed by atoms with Gasteiger partial charge in [-0.3, -0.25) is 0 Å². The molecule has 2 heterocycles. The van der Waals surface area contributed by atoms with E-state index in [1.807, 2.05) is 17.0 Å². The zero-order valence-corrected chi connectivity index (χ0v) is 17.6. The molecule has 1 fully saturated rings. The van der Waals surface area contributed by atoms with Crippen molar-refractivity contribution in [2.24, 2.45) is 5.92 Å². The molecule has 3 rings (SSSR count). The van der Waals surface area contributed by atoms with E-state index in [9.17, 15) is 4.79 Å². The predicted octanol–water partition coefficient (Wildman–Crippen LogP) is 3.28. The fourth-order valence-corrected chi connectivity index (χ4v) is 4.11. The van der Waals surface area contributed by atoms with Crippen LogP contribution < -0.4 is 14.8 Å². The lowest BCUT2D eigenvalue weighted by atomic mass is 9.99. The monoisotopic (exact) mass is 389 g/mol. The zero-order chi connectivity index (χ0) is 19.9. The van der Waals surface area contributed by atoms with Crippen LogP contribution in [-0.2, 0) is 13.0 Å². The van der Waals surface area contributed by atoms with Gasteiger partial charge in [0.25, 0.3) is 0 Å². The molecule has 1 aromatic rings. The Balaban J connectivity index is 1.40. The fraction of sp³-hybridized carbons (Fsp3) is 0.682. The first-order valence-corrected chi connectivity index (χ1v) is 10.6. The number of hydrogen-bond acceptors (Lipinski definition) is 4. The van der Waals surface area contributed by atoms with Crippen molar-refractivity contribution in [2.75, 3.05) is 46.9 Å². The fourth-order valence-electron chi connectivity index (χ4n) is 4.11. The maximum absolute atomic E-state index is 12.5. The SMILES string of the molecule is COc1cc2c(cc1OC)CN(C(=O)NCCCCN1CCC(C)CC1)CC2.